The van der Waals surface area contributed by atoms with Crippen molar-refractivity contribution in [3.05, 3.63) is 22.6 Å². The van der Waals surface area contributed by atoms with Crippen molar-refractivity contribution in [2.75, 3.05) is 26.1 Å². The van der Waals surface area contributed by atoms with E-state index < -0.39 is 5.97 Å². The molecular weight excluding hydrogens is 198 g/mol. The van der Waals surface area contributed by atoms with Crippen molar-refractivity contribution in [2.24, 2.45) is 0 Å². The summed E-state index contributed by atoms with van der Waals surface area (Å²) in [6.45, 7) is -0.164. The second-order valence-corrected chi connectivity index (χ2v) is 3.18. The van der Waals surface area contributed by atoms with E-state index in [1.165, 1.54) is 19.4 Å². The molecule has 6 nitrogen and oxygen atoms in total. The summed E-state index contributed by atoms with van der Waals surface area (Å²) in [5, 5.41) is 3.85. The van der Waals surface area contributed by atoms with Crippen molar-refractivity contribution in [2.45, 2.75) is 6.54 Å². The molecule has 0 amide bonds. The van der Waals surface area contributed by atoms with Gasteiger partial charge in [-0.2, -0.15) is 5.10 Å². The molecule has 0 atom stereocenters. The van der Waals surface area contributed by atoms with Gasteiger partial charge in [0.1, 0.15) is 6.54 Å². The predicted octanol–water partition coefficient (Wildman–Crippen LogP) is -0.518. The highest BCUT2D eigenvalue weighted by Crippen LogP contribution is 2.03. The smallest absolute Gasteiger partial charge is 0.327 e. The van der Waals surface area contributed by atoms with Gasteiger partial charge < -0.3 is 9.64 Å². The fraction of sp³-hybridized carbons (Fsp3) is 0.444. The summed E-state index contributed by atoms with van der Waals surface area (Å²) in [7, 11) is 4.88. The van der Waals surface area contributed by atoms with Crippen LogP contribution in [0.3, 0.4) is 0 Å². The van der Waals surface area contributed by atoms with Gasteiger partial charge in [-0.3, -0.25) is 9.59 Å². The molecule has 1 aromatic heterocycles. The highest BCUT2D eigenvalue weighted by Gasteiger charge is 2.06. The van der Waals surface area contributed by atoms with E-state index in [-0.39, 0.29) is 12.1 Å². The number of anilines is 1. The normalized spacial score (nSPS) is 9.80. The summed E-state index contributed by atoms with van der Waals surface area (Å²) in [6, 6.07) is 1.41. The molecule has 1 heterocycles. The molecule has 15 heavy (non-hydrogen) atoms. The Labute approximate surface area is 87.1 Å². The number of hydrogen-bond donors (Lipinski definition) is 0. The molecule has 0 N–H and O–H groups in total. The van der Waals surface area contributed by atoms with Crippen LogP contribution < -0.4 is 10.5 Å². The van der Waals surface area contributed by atoms with Gasteiger partial charge in [-0.15, -0.1) is 0 Å². The maximum Gasteiger partial charge on any atom is 0.327 e. The van der Waals surface area contributed by atoms with Crippen molar-refractivity contribution >= 4 is 11.7 Å². The Balaban J connectivity index is 2.94. The minimum Gasteiger partial charge on any atom is -0.468 e. The zero-order valence-electron chi connectivity index (χ0n) is 8.93. The highest BCUT2D eigenvalue weighted by atomic mass is 16.5. The van der Waals surface area contributed by atoms with Gasteiger partial charge in [-0.25, -0.2) is 4.68 Å². The zero-order valence-corrected chi connectivity index (χ0v) is 8.93. The number of rotatable bonds is 3. The topological polar surface area (TPSA) is 64.4 Å². The van der Waals surface area contributed by atoms with Crippen molar-refractivity contribution in [3.63, 3.8) is 0 Å². The average Bonchev–Trinajstić information content (AvgIpc) is 2.20. The second kappa shape index (κ2) is 4.59. The molecule has 0 aliphatic rings. The van der Waals surface area contributed by atoms with Crippen molar-refractivity contribution in [1.82, 2.24) is 9.78 Å². The second-order valence-electron chi connectivity index (χ2n) is 3.18. The molecule has 1 aromatic rings. The standard InChI is InChI=1S/C9H13N3O3/c1-11(2)7-4-8(13)12(10-5-7)6-9(14)15-3/h4-5H,6H2,1-3H3. The number of ether oxygens (including phenoxy) is 1. The van der Waals surface area contributed by atoms with Crippen LogP contribution in [0.15, 0.2) is 17.1 Å². The van der Waals surface area contributed by atoms with E-state index >= 15 is 0 Å². The first-order valence-corrected chi connectivity index (χ1v) is 4.36. The molecule has 82 valence electrons. The van der Waals surface area contributed by atoms with Crippen LogP contribution in [0, 0.1) is 0 Å². The minimum absolute atomic E-state index is 0.164. The molecule has 0 aliphatic heterocycles. The van der Waals surface area contributed by atoms with Gasteiger partial charge in [0.2, 0.25) is 0 Å². The Morgan fingerprint density at radius 1 is 1.60 bits per heavy atom. The Morgan fingerprint density at radius 2 is 2.27 bits per heavy atom. The Morgan fingerprint density at radius 3 is 2.73 bits per heavy atom. The lowest BCUT2D eigenvalue weighted by Crippen LogP contribution is -2.27. The van der Waals surface area contributed by atoms with E-state index in [2.05, 4.69) is 9.84 Å². The fourth-order valence-corrected chi connectivity index (χ4v) is 0.974. The van der Waals surface area contributed by atoms with E-state index in [9.17, 15) is 9.59 Å². The lowest BCUT2D eigenvalue weighted by atomic mass is 10.4. The Hall–Kier alpha value is -1.85. The van der Waals surface area contributed by atoms with E-state index in [4.69, 9.17) is 0 Å². The highest BCUT2D eigenvalue weighted by molar-refractivity contribution is 5.68. The Kier molecular flexibility index (Phi) is 3.43. The summed E-state index contributed by atoms with van der Waals surface area (Å²) < 4.78 is 5.49. The molecule has 1 rings (SSSR count). The van der Waals surface area contributed by atoms with E-state index in [1.54, 1.807) is 19.0 Å². The number of nitrogens with zero attached hydrogens (tertiary/aromatic N) is 3. The third kappa shape index (κ3) is 2.80. The van der Waals surface area contributed by atoms with Gasteiger partial charge in [0.05, 0.1) is 19.0 Å². The molecule has 0 saturated carbocycles. The van der Waals surface area contributed by atoms with E-state index in [1.807, 2.05) is 0 Å². The van der Waals surface area contributed by atoms with Crippen LogP contribution in [-0.2, 0) is 16.1 Å². The number of methoxy groups -OCH3 is 1. The largest absolute Gasteiger partial charge is 0.468 e. The SMILES string of the molecule is COC(=O)Cn1ncc(N(C)C)cc1=O. The number of aromatic nitrogens is 2. The molecule has 0 saturated heterocycles. The lowest BCUT2D eigenvalue weighted by molar-refractivity contribution is -0.141. The van der Waals surface area contributed by atoms with Crippen molar-refractivity contribution in [1.29, 1.82) is 0 Å². The monoisotopic (exact) mass is 211 g/mol. The summed E-state index contributed by atoms with van der Waals surface area (Å²) in [4.78, 5) is 24.1. The van der Waals surface area contributed by atoms with Crippen LogP contribution >= 0.6 is 0 Å². The number of carbonyl (C=O) groups is 1. The van der Waals surface area contributed by atoms with Crippen LogP contribution in [0.5, 0.6) is 0 Å². The quantitative estimate of drug-likeness (QED) is 0.629. The van der Waals surface area contributed by atoms with Crippen LogP contribution in [-0.4, -0.2) is 37.0 Å². The van der Waals surface area contributed by atoms with Gasteiger partial charge in [-0.05, 0) is 0 Å². The zero-order chi connectivity index (χ0) is 11.4. The number of hydrogen-bond acceptors (Lipinski definition) is 5. The fourth-order valence-electron chi connectivity index (χ4n) is 0.974. The van der Waals surface area contributed by atoms with E-state index in [0.717, 1.165) is 4.68 Å². The first-order chi connectivity index (χ1) is 7.04. The van der Waals surface area contributed by atoms with Crippen LogP contribution in [0.25, 0.3) is 0 Å². The molecule has 0 radical (unpaired) electrons. The van der Waals surface area contributed by atoms with Gasteiger partial charge in [0.15, 0.2) is 0 Å². The third-order valence-electron chi connectivity index (χ3n) is 1.88. The van der Waals surface area contributed by atoms with Gasteiger partial charge in [0.25, 0.3) is 5.56 Å². The lowest BCUT2D eigenvalue weighted by Gasteiger charge is -2.11. The Bertz CT molecular complexity index is 411. The number of esters is 1. The average molecular weight is 211 g/mol. The summed E-state index contributed by atoms with van der Waals surface area (Å²) in [5.41, 5.74) is 0.368. The molecular formula is C9H13N3O3. The minimum atomic E-state index is -0.498. The predicted molar refractivity (Wildman–Crippen MR) is 54.8 cm³/mol. The van der Waals surface area contributed by atoms with Crippen LogP contribution in [0.4, 0.5) is 5.69 Å². The number of carbonyl (C=O) groups excluding carboxylic acids is 1. The van der Waals surface area contributed by atoms with Crippen molar-refractivity contribution in [3.8, 4) is 0 Å². The van der Waals surface area contributed by atoms with Crippen LogP contribution in [0.1, 0.15) is 0 Å². The van der Waals surface area contributed by atoms with Gasteiger partial charge in [0, 0.05) is 20.2 Å². The van der Waals surface area contributed by atoms with E-state index in [0.29, 0.717) is 5.69 Å². The first kappa shape index (κ1) is 11.2. The molecule has 0 aliphatic carbocycles. The van der Waals surface area contributed by atoms with Gasteiger partial charge in [-0.1, -0.05) is 0 Å². The van der Waals surface area contributed by atoms with Crippen molar-refractivity contribution < 1.29 is 9.53 Å². The summed E-state index contributed by atoms with van der Waals surface area (Å²) in [6.07, 6.45) is 1.52. The molecule has 0 unspecified atom stereocenters. The molecule has 0 fully saturated rings. The first-order valence-electron chi connectivity index (χ1n) is 4.36. The molecule has 0 aromatic carbocycles. The molecule has 6 heteroatoms. The van der Waals surface area contributed by atoms with Gasteiger partial charge >= 0.3 is 5.97 Å². The summed E-state index contributed by atoms with van der Waals surface area (Å²) in [5.74, 6) is -0.498. The maximum absolute atomic E-state index is 11.5. The van der Waals surface area contributed by atoms with Crippen LogP contribution in [0.2, 0.25) is 0 Å². The molecule has 0 spiro atoms. The molecule has 0 bridgehead atoms. The summed E-state index contributed by atoms with van der Waals surface area (Å²) >= 11 is 0. The third-order valence-corrected chi connectivity index (χ3v) is 1.88. The maximum atomic E-state index is 11.5.